The lowest BCUT2D eigenvalue weighted by Gasteiger charge is -2.09. The highest BCUT2D eigenvalue weighted by atomic mass is 35.5. The summed E-state index contributed by atoms with van der Waals surface area (Å²) in [5.74, 6) is 0. The second-order valence-electron chi connectivity index (χ2n) is 4.90. The molecule has 0 heterocycles. The van der Waals surface area contributed by atoms with Crippen molar-refractivity contribution in [3.8, 4) is 0 Å². The first-order valence-electron chi connectivity index (χ1n) is 6.84. The van der Waals surface area contributed by atoms with E-state index in [-0.39, 0.29) is 0 Å². The van der Waals surface area contributed by atoms with Crippen molar-refractivity contribution in [3.05, 3.63) is 58.1 Å². The lowest BCUT2D eigenvalue weighted by Crippen LogP contribution is -2.11. The van der Waals surface area contributed by atoms with Crippen LogP contribution in [0.2, 0.25) is 5.02 Å². The summed E-state index contributed by atoms with van der Waals surface area (Å²) in [7, 11) is 0. The van der Waals surface area contributed by atoms with Gasteiger partial charge in [-0.2, -0.15) is 0 Å². The van der Waals surface area contributed by atoms with Gasteiger partial charge < -0.3 is 5.32 Å². The average Bonchev–Trinajstić information content (AvgIpc) is 2.42. The Morgan fingerprint density at radius 2 is 1.90 bits per heavy atom. The Bertz CT molecular complexity index is 596. The van der Waals surface area contributed by atoms with Crippen LogP contribution in [0.15, 0.2) is 46.2 Å². The summed E-state index contributed by atoms with van der Waals surface area (Å²) >= 11 is 8.12. The van der Waals surface area contributed by atoms with Crippen LogP contribution >= 0.6 is 23.4 Å². The van der Waals surface area contributed by atoms with Crippen LogP contribution in [0.1, 0.15) is 23.6 Å². The Morgan fingerprint density at radius 3 is 2.60 bits per heavy atom. The third-order valence-corrected chi connectivity index (χ3v) is 4.66. The third kappa shape index (κ3) is 4.02. The second kappa shape index (κ2) is 7.16. The minimum atomic E-state index is 0.823. The van der Waals surface area contributed by atoms with Gasteiger partial charge in [0.1, 0.15) is 0 Å². The van der Waals surface area contributed by atoms with E-state index in [1.54, 1.807) is 11.8 Å². The van der Waals surface area contributed by atoms with E-state index in [2.05, 4.69) is 62.5 Å². The quantitative estimate of drug-likeness (QED) is 0.813. The number of aryl methyl sites for hydroxylation is 2. The molecule has 0 aliphatic rings. The molecule has 0 amide bonds. The molecule has 3 heteroatoms. The van der Waals surface area contributed by atoms with Gasteiger partial charge in [-0.1, -0.05) is 48.5 Å². The minimum Gasteiger partial charge on any atom is -0.313 e. The summed E-state index contributed by atoms with van der Waals surface area (Å²) in [6.45, 7) is 8.14. The van der Waals surface area contributed by atoms with Gasteiger partial charge in [-0.3, -0.25) is 0 Å². The molecule has 0 aliphatic heterocycles. The van der Waals surface area contributed by atoms with Gasteiger partial charge in [-0.25, -0.2) is 0 Å². The molecule has 0 fully saturated rings. The van der Waals surface area contributed by atoms with E-state index in [9.17, 15) is 0 Å². The second-order valence-corrected chi connectivity index (χ2v) is 6.43. The third-order valence-electron chi connectivity index (χ3n) is 3.16. The van der Waals surface area contributed by atoms with Crippen molar-refractivity contribution < 1.29 is 0 Å². The van der Waals surface area contributed by atoms with Crippen molar-refractivity contribution in [3.63, 3.8) is 0 Å². The average molecular weight is 306 g/mol. The molecule has 0 aromatic heterocycles. The van der Waals surface area contributed by atoms with Crippen molar-refractivity contribution in [2.75, 3.05) is 6.54 Å². The fourth-order valence-electron chi connectivity index (χ4n) is 1.94. The lowest BCUT2D eigenvalue weighted by molar-refractivity contribution is 0.726. The molecule has 0 aliphatic carbocycles. The Balaban J connectivity index is 2.17. The van der Waals surface area contributed by atoms with E-state index in [4.69, 9.17) is 11.6 Å². The van der Waals surface area contributed by atoms with Gasteiger partial charge >= 0.3 is 0 Å². The van der Waals surface area contributed by atoms with Crippen molar-refractivity contribution >= 4 is 23.4 Å². The molecule has 2 aromatic rings. The van der Waals surface area contributed by atoms with Crippen LogP contribution in [-0.4, -0.2) is 6.54 Å². The van der Waals surface area contributed by atoms with Crippen molar-refractivity contribution in [2.24, 2.45) is 0 Å². The smallest absolute Gasteiger partial charge is 0.0462 e. The topological polar surface area (TPSA) is 12.0 Å². The Hall–Kier alpha value is -0.960. The molecule has 0 radical (unpaired) electrons. The SMILES string of the molecule is CCNCc1ccc(Sc2cc(C)ccc2C)cc1Cl. The fraction of sp³-hybridized carbons (Fsp3) is 0.294. The number of hydrogen-bond donors (Lipinski definition) is 1. The lowest BCUT2D eigenvalue weighted by atomic mass is 10.2. The van der Waals surface area contributed by atoms with E-state index < -0.39 is 0 Å². The van der Waals surface area contributed by atoms with Crippen LogP contribution in [0, 0.1) is 13.8 Å². The van der Waals surface area contributed by atoms with Crippen molar-refractivity contribution in [1.82, 2.24) is 5.32 Å². The fourth-order valence-corrected chi connectivity index (χ4v) is 3.29. The monoisotopic (exact) mass is 305 g/mol. The summed E-state index contributed by atoms with van der Waals surface area (Å²) in [5.41, 5.74) is 3.74. The van der Waals surface area contributed by atoms with Gasteiger partial charge in [-0.15, -0.1) is 0 Å². The maximum Gasteiger partial charge on any atom is 0.0462 e. The molecule has 0 saturated carbocycles. The van der Waals surface area contributed by atoms with Gasteiger partial charge in [0, 0.05) is 21.4 Å². The molecule has 1 N–H and O–H groups in total. The predicted molar refractivity (Wildman–Crippen MR) is 88.9 cm³/mol. The zero-order valence-electron chi connectivity index (χ0n) is 12.2. The summed E-state index contributed by atoms with van der Waals surface area (Å²) in [6.07, 6.45) is 0. The Labute approximate surface area is 130 Å². The molecule has 2 rings (SSSR count). The summed E-state index contributed by atoms with van der Waals surface area (Å²) in [6, 6.07) is 12.8. The van der Waals surface area contributed by atoms with Crippen LogP contribution in [0.5, 0.6) is 0 Å². The van der Waals surface area contributed by atoms with Crippen LogP contribution in [-0.2, 0) is 6.54 Å². The first-order chi connectivity index (χ1) is 9.60. The van der Waals surface area contributed by atoms with Crippen molar-refractivity contribution in [1.29, 1.82) is 0 Å². The highest BCUT2D eigenvalue weighted by Gasteiger charge is 2.05. The van der Waals surface area contributed by atoms with Gasteiger partial charge in [0.05, 0.1) is 0 Å². The van der Waals surface area contributed by atoms with E-state index in [0.717, 1.165) is 23.7 Å². The molecule has 106 valence electrons. The highest BCUT2D eigenvalue weighted by molar-refractivity contribution is 7.99. The summed E-state index contributed by atoms with van der Waals surface area (Å²) in [5, 5.41) is 4.13. The molecule has 1 nitrogen and oxygen atoms in total. The zero-order chi connectivity index (χ0) is 14.5. The molecule has 0 spiro atoms. The molecule has 0 bridgehead atoms. The number of rotatable bonds is 5. The molecular formula is C17H20ClNS. The summed E-state index contributed by atoms with van der Waals surface area (Å²) in [4.78, 5) is 2.48. The molecular weight excluding hydrogens is 286 g/mol. The van der Waals surface area contributed by atoms with Gasteiger partial charge in [0.2, 0.25) is 0 Å². The first-order valence-corrected chi connectivity index (χ1v) is 8.04. The Morgan fingerprint density at radius 1 is 1.10 bits per heavy atom. The summed E-state index contributed by atoms with van der Waals surface area (Å²) < 4.78 is 0. The normalized spacial score (nSPS) is 10.8. The number of halogens is 1. The maximum absolute atomic E-state index is 6.35. The van der Waals surface area contributed by atoms with Crippen LogP contribution in [0.4, 0.5) is 0 Å². The standard InChI is InChI=1S/C17H20ClNS/c1-4-19-11-14-7-8-15(10-16(14)18)20-17-9-12(2)5-6-13(17)3/h5-10,19H,4,11H2,1-3H3. The van der Waals surface area contributed by atoms with Gasteiger partial charge in [0.25, 0.3) is 0 Å². The van der Waals surface area contributed by atoms with E-state index in [1.165, 1.54) is 20.9 Å². The molecule has 0 saturated heterocycles. The van der Waals surface area contributed by atoms with Crippen molar-refractivity contribution in [2.45, 2.75) is 37.1 Å². The van der Waals surface area contributed by atoms with Gasteiger partial charge in [-0.05, 0) is 55.3 Å². The van der Waals surface area contributed by atoms with Crippen LogP contribution < -0.4 is 5.32 Å². The molecule has 20 heavy (non-hydrogen) atoms. The van der Waals surface area contributed by atoms with E-state index >= 15 is 0 Å². The number of hydrogen-bond acceptors (Lipinski definition) is 2. The number of benzene rings is 2. The predicted octanol–water partition coefficient (Wildman–Crippen LogP) is 5.22. The minimum absolute atomic E-state index is 0.823. The van der Waals surface area contributed by atoms with Crippen LogP contribution in [0.3, 0.4) is 0 Å². The largest absolute Gasteiger partial charge is 0.313 e. The molecule has 2 aromatic carbocycles. The zero-order valence-corrected chi connectivity index (χ0v) is 13.7. The maximum atomic E-state index is 6.35. The highest BCUT2D eigenvalue weighted by Crippen LogP contribution is 2.33. The number of nitrogens with one attached hydrogen (secondary N) is 1. The van der Waals surface area contributed by atoms with E-state index in [0.29, 0.717) is 0 Å². The molecule has 0 atom stereocenters. The van der Waals surface area contributed by atoms with Gasteiger partial charge in [0.15, 0.2) is 0 Å². The Kier molecular flexibility index (Phi) is 5.53. The molecule has 0 unspecified atom stereocenters. The first kappa shape index (κ1) is 15.4. The van der Waals surface area contributed by atoms with Crippen LogP contribution in [0.25, 0.3) is 0 Å². The van der Waals surface area contributed by atoms with E-state index in [1.807, 2.05) is 0 Å².